The maximum Gasteiger partial charge on any atom is 0.257 e. The molecule has 5 rings (SSSR count). The Bertz CT molecular complexity index is 1290. The summed E-state index contributed by atoms with van der Waals surface area (Å²) in [5.74, 6) is 1.37. The molecule has 1 N–H and O–H groups in total. The summed E-state index contributed by atoms with van der Waals surface area (Å²) in [6, 6.07) is 17.3. The highest BCUT2D eigenvalue weighted by Crippen LogP contribution is 2.25. The van der Waals surface area contributed by atoms with Crippen molar-refractivity contribution >= 4 is 22.9 Å². The number of amides is 1. The Morgan fingerprint density at radius 1 is 1.18 bits per heavy atom. The van der Waals surface area contributed by atoms with E-state index in [4.69, 9.17) is 9.47 Å². The number of ether oxygens (including phenoxy) is 2. The monoisotopic (exact) mass is 457 g/mol. The first-order chi connectivity index (χ1) is 16.7. The van der Waals surface area contributed by atoms with E-state index in [2.05, 4.69) is 21.5 Å². The summed E-state index contributed by atoms with van der Waals surface area (Å²) in [6.07, 6.45) is 6.23. The van der Waals surface area contributed by atoms with Gasteiger partial charge in [0.2, 0.25) is 0 Å². The quantitative estimate of drug-likeness (QED) is 0.474. The van der Waals surface area contributed by atoms with Crippen LogP contribution in [-0.4, -0.2) is 58.8 Å². The van der Waals surface area contributed by atoms with Gasteiger partial charge in [-0.25, -0.2) is 9.50 Å². The molecule has 0 bridgehead atoms. The minimum Gasteiger partial charge on any atom is -0.497 e. The van der Waals surface area contributed by atoms with Gasteiger partial charge in [-0.15, -0.1) is 0 Å². The predicted octanol–water partition coefficient (Wildman–Crippen LogP) is 3.81. The van der Waals surface area contributed by atoms with Crippen molar-refractivity contribution in [3.05, 3.63) is 84.3 Å². The number of fused-ring (bicyclic) bond motifs is 1. The van der Waals surface area contributed by atoms with Gasteiger partial charge in [-0.05, 0) is 48.4 Å². The van der Waals surface area contributed by atoms with E-state index in [1.807, 2.05) is 58.1 Å². The normalized spacial score (nSPS) is 16.3. The molecule has 1 fully saturated rings. The van der Waals surface area contributed by atoms with Crippen LogP contribution in [0.15, 0.2) is 73.2 Å². The number of methoxy groups -OCH3 is 1. The Hall–Kier alpha value is -3.91. The molecule has 1 amide bonds. The highest BCUT2D eigenvalue weighted by molar-refractivity contribution is 5.99. The lowest BCUT2D eigenvalue weighted by Gasteiger charge is -2.25. The van der Waals surface area contributed by atoms with Crippen molar-refractivity contribution in [2.75, 3.05) is 38.7 Å². The molecule has 4 aromatic rings. The highest BCUT2D eigenvalue weighted by Gasteiger charge is 2.26. The number of benzene rings is 1. The Morgan fingerprint density at radius 2 is 2.12 bits per heavy atom. The second-order valence-electron chi connectivity index (χ2n) is 8.35. The number of rotatable bonds is 6. The minimum atomic E-state index is -0.0587. The van der Waals surface area contributed by atoms with Gasteiger partial charge < -0.3 is 19.7 Å². The molecular weight excluding hydrogens is 430 g/mol. The number of hydrogen-bond acceptors (Lipinski definition) is 6. The Kier molecular flexibility index (Phi) is 6.40. The van der Waals surface area contributed by atoms with Gasteiger partial charge in [0.15, 0.2) is 0 Å². The van der Waals surface area contributed by atoms with Crippen LogP contribution in [0.25, 0.3) is 5.52 Å². The zero-order chi connectivity index (χ0) is 23.3. The van der Waals surface area contributed by atoms with Crippen molar-refractivity contribution in [2.45, 2.75) is 6.42 Å². The first-order valence-electron chi connectivity index (χ1n) is 11.4. The SMILES string of the molecule is COc1cccc(Nc2ncccc2C(=O)N2CCOC[C@@H](Cc3cccn4nccc34)C2)c1. The maximum absolute atomic E-state index is 13.6. The van der Waals surface area contributed by atoms with Crippen molar-refractivity contribution in [3.63, 3.8) is 0 Å². The molecule has 4 heterocycles. The number of anilines is 2. The molecule has 1 aliphatic rings. The number of nitrogens with one attached hydrogen (secondary N) is 1. The van der Waals surface area contributed by atoms with Crippen LogP contribution in [0.5, 0.6) is 5.75 Å². The molecule has 8 nitrogen and oxygen atoms in total. The number of carbonyl (C=O) groups is 1. The highest BCUT2D eigenvalue weighted by atomic mass is 16.5. The Morgan fingerprint density at radius 3 is 3.03 bits per heavy atom. The topological polar surface area (TPSA) is 81.0 Å². The summed E-state index contributed by atoms with van der Waals surface area (Å²) >= 11 is 0. The van der Waals surface area contributed by atoms with Gasteiger partial charge in [0.1, 0.15) is 11.6 Å². The summed E-state index contributed by atoms with van der Waals surface area (Å²) in [4.78, 5) is 19.9. The molecule has 174 valence electrons. The first-order valence-corrected chi connectivity index (χ1v) is 11.4. The maximum atomic E-state index is 13.6. The van der Waals surface area contributed by atoms with Crippen LogP contribution in [0.3, 0.4) is 0 Å². The standard InChI is InChI=1S/C26H27N5O3/c1-33-22-7-2-6-21(16-22)29-25-23(8-3-10-27-25)26(32)30-13-14-34-18-19(17-30)15-20-5-4-12-31-24(20)9-11-28-31/h2-12,16,19H,13-15,17-18H2,1H3,(H,27,29)/t19-/m0/s1. The van der Waals surface area contributed by atoms with Crippen LogP contribution in [-0.2, 0) is 11.2 Å². The van der Waals surface area contributed by atoms with E-state index >= 15 is 0 Å². The van der Waals surface area contributed by atoms with Gasteiger partial charge in [0, 0.05) is 49.4 Å². The molecule has 1 atom stereocenters. The average molecular weight is 458 g/mol. The molecule has 3 aromatic heterocycles. The van der Waals surface area contributed by atoms with Crippen LogP contribution < -0.4 is 10.1 Å². The van der Waals surface area contributed by atoms with Crippen LogP contribution in [0.4, 0.5) is 11.5 Å². The molecule has 1 aliphatic heterocycles. The lowest BCUT2D eigenvalue weighted by molar-refractivity contribution is 0.0738. The summed E-state index contributed by atoms with van der Waals surface area (Å²) < 4.78 is 13.1. The number of carbonyl (C=O) groups excluding carboxylic acids is 1. The fourth-order valence-electron chi connectivity index (χ4n) is 4.37. The van der Waals surface area contributed by atoms with Gasteiger partial charge in [0.05, 0.1) is 31.4 Å². The molecule has 1 aromatic carbocycles. The smallest absolute Gasteiger partial charge is 0.257 e. The summed E-state index contributed by atoms with van der Waals surface area (Å²) in [7, 11) is 1.63. The van der Waals surface area contributed by atoms with Crippen LogP contribution in [0.1, 0.15) is 15.9 Å². The van der Waals surface area contributed by atoms with E-state index in [9.17, 15) is 4.79 Å². The van der Waals surface area contributed by atoms with Gasteiger partial charge in [-0.3, -0.25) is 4.79 Å². The third kappa shape index (κ3) is 4.72. The summed E-state index contributed by atoms with van der Waals surface area (Å²) in [6.45, 7) is 2.28. The molecule has 0 spiro atoms. The zero-order valence-corrected chi connectivity index (χ0v) is 19.1. The van der Waals surface area contributed by atoms with Crippen LogP contribution >= 0.6 is 0 Å². The van der Waals surface area contributed by atoms with Gasteiger partial charge in [-0.1, -0.05) is 12.1 Å². The fraction of sp³-hybridized carbons (Fsp3) is 0.269. The van der Waals surface area contributed by atoms with E-state index in [-0.39, 0.29) is 11.8 Å². The van der Waals surface area contributed by atoms with Crippen molar-refractivity contribution in [3.8, 4) is 5.75 Å². The van der Waals surface area contributed by atoms with Crippen molar-refractivity contribution < 1.29 is 14.3 Å². The average Bonchev–Trinajstić information content (AvgIpc) is 3.24. The van der Waals surface area contributed by atoms with Crippen molar-refractivity contribution in [1.82, 2.24) is 19.5 Å². The molecular formula is C26H27N5O3. The number of aromatic nitrogens is 3. The summed E-state index contributed by atoms with van der Waals surface area (Å²) in [5.41, 5.74) is 3.62. The second kappa shape index (κ2) is 9.93. The van der Waals surface area contributed by atoms with Gasteiger partial charge >= 0.3 is 0 Å². The first kappa shape index (κ1) is 21.9. The number of nitrogens with zero attached hydrogens (tertiary/aromatic N) is 4. The Balaban J connectivity index is 1.35. The lowest BCUT2D eigenvalue weighted by atomic mass is 9.99. The van der Waals surface area contributed by atoms with E-state index < -0.39 is 0 Å². The van der Waals surface area contributed by atoms with E-state index in [0.29, 0.717) is 37.7 Å². The predicted molar refractivity (Wildman–Crippen MR) is 130 cm³/mol. The minimum absolute atomic E-state index is 0.0587. The third-order valence-electron chi connectivity index (χ3n) is 6.03. The fourth-order valence-corrected chi connectivity index (χ4v) is 4.37. The molecule has 34 heavy (non-hydrogen) atoms. The van der Waals surface area contributed by atoms with E-state index in [1.165, 1.54) is 5.56 Å². The van der Waals surface area contributed by atoms with Gasteiger partial charge in [0.25, 0.3) is 5.91 Å². The molecule has 0 radical (unpaired) electrons. The second-order valence-corrected chi connectivity index (χ2v) is 8.35. The van der Waals surface area contributed by atoms with E-state index in [0.717, 1.165) is 23.4 Å². The molecule has 0 saturated carbocycles. The van der Waals surface area contributed by atoms with E-state index in [1.54, 1.807) is 25.6 Å². The third-order valence-corrected chi connectivity index (χ3v) is 6.03. The summed E-state index contributed by atoms with van der Waals surface area (Å²) in [5, 5.41) is 7.60. The lowest BCUT2D eigenvalue weighted by Crippen LogP contribution is -2.36. The zero-order valence-electron chi connectivity index (χ0n) is 19.1. The largest absolute Gasteiger partial charge is 0.497 e. The molecule has 8 heteroatoms. The molecule has 0 aliphatic carbocycles. The molecule has 0 unspecified atom stereocenters. The van der Waals surface area contributed by atoms with Crippen LogP contribution in [0.2, 0.25) is 0 Å². The number of hydrogen-bond donors (Lipinski definition) is 1. The molecule has 1 saturated heterocycles. The Labute approximate surface area is 198 Å². The van der Waals surface area contributed by atoms with Crippen molar-refractivity contribution in [1.29, 1.82) is 0 Å². The number of pyridine rings is 2. The van der Waals surface area contributed by atoms with Crippen LogP contribution in [0, 0.1) is 5.92 Å². The van der Waals surface area contributed by atoms with Gasteiger partial charge in [-0.2, -0.15) is 5.10 Å². The van der Waals surface area contributed by atoms with Crippen molar-refractivity contribution in [2.24, 2.45) is 5.92 Å².